The number of aryl methyl sites for hydroxylation is 1. The van der Waals surface area contributed by atoms with Gasteiger partial charge in [0.25, 0.3) is 5.91 Å². The van der Waals surface area contributed by atoms with E-state index in [1.165, 1.54) is 0 Å². The number of fused-ring (bicyclic) bond motifs is 3. The summed E-state index contributed by atoms with van der Waals surface area (Å²) in [5, 5.41) is 10.4. The second-order valence-corrected chi connectivity index (χ2v) is 8.35. The average Bonchev–Trinajstić information content (AvgIpc) is 3.54. The van der Waals surface area contributed by atoms with E-state index >= 15 is 0 Å². The van der Waals surface area contributed by atoms with E-state index in [0.29, 0.717) is 44.1 Å². The Morgan fingerprint density at radius 1 is 1.32 bits per heavy atom. The number of hydrogen-bond donors (Lipinski definition) is 2. The lowest BCUT2D eigenvalue weighted by molar-refractivity contribution is -0.121. The van der Waals surface area contributed by atoms with Crippen LogP contribution in [0.3, 0.4) is 0 Å². The lowest BCUT2D eigenvalue weighted by Gasteiger charge is -2.33. The van der Waals surface area contributed by atoms with E-state index in [1.807, 2.05) is 42.1 Å². The largest absolute Gasteiger partial charge is 0.376 e. The number of anilines is 1. The molecule has 2 aromatic heterocycles. The monoisotopic (exact) mass is 418 g/mol. The summed E-state index contributed by atoms with van der Waals surface area (Å²) in [7, 11) is 1.89. The number of rotatable bonds is 2. The van der Waals surface area contributed by atoms with Crippen molar-refractivity contribution in [3.05, 3.63) is 65.0 Å². The Morgan fingerprint density at radius 3 is 3.03 bits per heavy atom. The molecule has 2 N–H and O–H groups in total. The van der Waals surface area contributed by atoms with Crippen LogP contribution in [0.5, 0.6) is 0 Å². The van der Waals surface area contributed by atoms with Gasteiger partial charge in [-0.1, -0.05) is 18.2 Å². The highest BCUT2D eigenvalue weighted by atomic mass is 16.5. The summed E-state index contributed by atoms with van der Waals surface area (Å²) < 4.78 is 7.46. The number of aromatic nitrogens is 4. The summed E-state index contributed by atoms with van der Waals surface area (Å²) >= 11 is 0. The van der Waals surface area contributed by atoms with Gasteiger partial charge >= 0.3 is 0 Å². The number of amides is 2. The van der Waals surface area contributed by atoms with Crippen LogP contribution < -0.4 is 5.32 Å². The molecule has 2 atom stereocenters. The van der Waals surface area contributed by atoms with Crippen molar-refractivity contribution in [1.29, 1.82) is 0 Å². The standard InChI is InChI=1S/C22H22N6O3/c1-27-10-8-23-19(27)18-22(14-4-2-3-5-16(14)24-21(22)30)7-9-28(18)20(29)17-13-12-31-11-6-15(13)25-26-17/h2-5,8,10,18H,6-7,9,11-12H2,1H3,(H,24,30)(H,25,26)/t18-,22+/m0/s1. The van der Waals surface area contributed by atoms with Crippen LogP contribution in [0.15, 0.2) is 36.7 Å². The van der Waals surface area contributed by atoms with Gasteiger partial charge in [-0.15, -0.1) is 0 Å². The third kappa shape index (κ3) is 2.40. The van der Waals surface area contributed by atoms with Crippen molar-refractivity contribution in [1.82, 2.24) is 24.6 Å². The van der Waals surface area contributed by atoms with E-state index in [0.717, 1.165) is 22.5 Å². The zero-order valence-electron chi connectivity index (χ0n) is 17.1. The smallest absolute Gasteiger partial charge is 0.275 e. The van der Waals surface area contributed by atoms with E-state index in [-0.39, 0.29) is 11.8 Å². The molecule has 1 spiro atoms. The second kappa shape index (κ2) is 6.52. The molecule has 0 aliphatic carbocycles. The predicted molar refractivity (Wildman–Crippen MR) is 110 cm³/mol. The van der Waals surface area contributed by atoms with Crippen LogP contribution in [0.25, 0.3) is 0 Å². The summed E-state index contributed by atoms with van der Waals surface area (Å²) in [5.41, 5.74) is 2.95. The van der Waals surface area contributed by atoms with Gasteiger partial charge in [0, 0.05) is 49.4 Å². The van der Waals surface area contributed by atoms with Gasteiger partial charge in [-0.05, 0) is 18.1 Å². The number of hydrogen-bond acceptors (Lipinski definition) is 5. The van der Waals surface area contributed by atoms with Crippen LogP contribution in [0.4, 0.5) is 5.69 Å². The third-order valence-corrected chi connectivity index (χ3v) is 6.85. The molecule has 1 fully saturated rings. The zero-order valence-corrected chi connectivity index (χ0v) is 17.1. The van der Waals surface area contributed by atoms with Gasteiger partial charge in [0.05, 0.1) is 13.2 Å². The summed E-state index contributed by atoms with van der Waals surface area (Å²) in [6.45, 7) is 1.41. The minimum Gasteiger partial charge on any atom is -0.376 e. The molecule has 6 rings (SSSR count). The van der Waals surface area contributed by atoms with Gasteiger partial charge in [-0.3, -0.25) is 14.7 Å². The Kier molecular flexibility index (Phi) is 3.85. The molecule has 0 bridgehead atoms. The van der Waals surface area contributed by atoms with Crippen LogP contribution in [0.1, 0.15) is 45.6 Å². The Morgan fingerprint density at radius 2 is 2.19 bits per heavy atom. The second-order valence-electron chi connectivity index (χ2n) is 8.35. The van der Waals surface area contributed by atoms with Crippen LogP contribution in [0.2, 0.25) is 0 Å². The molecule has 1 aromatic carbocycles. The number of imidazole rings is 1. The van der Waals surface area contributed by atoms with Gasteiger partial charge in [0.15, 0.2) is 5.69 Å². The van der Waals surface area contributed by atoms with Gasteiger partial charge < -0.3 is 19.5 Å². The summed E-state index contributed by atoms with van der Waals surface area (Å²) in [6.07, 6.45) is 4.76. The summed E-state index contributed by atoms with van der Waals surface area (Å²) in [4.78, 5) is 33.5. The number of nitrogens with one attached hydrogen (secondary N) is 2. The molecule has 3 aliphatic heterocycles. The first-order valence-electron chi connectivity index (χ1n) is 10.4. The molecule has 5 heterocycles. The molecule has 3 aliphatic rings. The molecular weight excluding hydrogens is 396 g/mol. The van der Waals surface area contributed by atoms with Crippen molar-refractivity contribution in [2.75, 3.05) is 18.5 Å². The van der Waals surface area contributed by atoms with E-state index in [9.17, 15) is 9.59 Å². The maximum absolute atomic E-state index is 13.8. The molecule has 3 aromatic rings. The van der Waals surface area contributed by atoms with Gasteiger partial charge in [0.2, 0.25) is 5.91 Å². The van der Waals surface area contributed by atoms with Crippen molar-refractivity contribution >= 4 is 17.5 Å². The average molecular weight is 418 g/mol. The molecule has 158 valence electrons. The number of ether oxygens (including phenoxy) is 1. The third-order valence-electron chi connectivity index (χ3n) is 6.85. The normalized spacial score (nSPS) is 24.4. The zero-order chi connectivity index (χ0) is 21.2. The molecule has 0 saturated carbocycles. The first-order valence-corrected chi connectivity index (χ1v) is 10.4. The highest BCUT2D eigenvalue weighted by Crippen LogP contribution is 2.54. The molecule has 9 nitrogen and oxygen atoms in total. The molecule has 0 radical (unpaired) electrons. The number of likely N-dealkylation sites (tertiary alicyclic amines) is 1. The Hall–Kier alpha value is -3.46. The summed E-state index contributed by atoms with van der Waals surface area (Å²) in [6, 6.07) is 7.18. The predicted octanol–water partition coefficient (Wildman–Crippen LogP) is 1.69. The van der Waals surface area contributed by atoms with Gasteiger partial charge in [0.1, 0.15) is 17.3 Å². The number of carbonyl (C=O) groups excluding carboxylic acids is 2. The fraction of sp³-hybridized carbons (Fsp3) is 0.364. The Bertz CT molecular complexity index is 1210. The fourth-order valence-electron chi connectivity index (χ4n) is 5.33. The van der Waals surface area contributed by atoms with E-state index in [1.54, 1.807) is 11.1 Å². The Balaban J connectivity index is 1.50. The van der Waals surface area contributed by atoms with Crippen LogP contribution in [0, 0.1) is 0 Å². The van der Waals surface area contributed by atoms with Crippen molar-refractivity contribution in [2.45, 2.75) is 30.9 Å². The first kappa shape index (κ1) is 18.3. The van der Waals surface area contributed by atoms with E-state index in [2.05, 4.69) is 20.5 Å². The van der Waals surface area contributed by atoms with Gasteiger partial charge in [-0.2, -0.15) is 5.10 Å². The van der Waals surface area contributed by atoms with E-state index < -0.39 is 11.5 Å². The SMILES string of the molecule is Cn1ccnc1[C@@H]1N(C(=O)c2n[nH]c3c2COCC3)CC[C@]12C(=O)Nc1ccccc12. The molecule has 2 amide bonds. The highest BCUT2D eigenvalue weighted by Gasteiger charge is 2.61. The lowest BCUT2D eigenvalue weighted by atomic mass is 9.74. The minimum absolute atomic E-state index is 0.0932. The number of carbonyl (C=O) groups is 2. The molecule has 1 saturated heterocycles. The van der Waals surface area contributed by atoms with Crippen molar-refractivity contribution < 1.29 is 14.3 Å². The molecule has 9 heteroatoms. The number of H-pyrrole nitrogens is 1. The summed E-state index contributed by atoms with van der Waals surface area (Å²) in [5.74, 6) is 0.382. The highest BCUT2D eigenvalue weighted by molar-refractivity contribution is 6.08. The first-order chi connectivity index (χ1) is 15.1. The van der Waals surface area contributed by atoms with E-state index in [4.69, 9.17) is 4.74 Å². The van der Waals surface area contributed by atoms with Crippen molar-refractivity contribution in [2.24, 2.45) is 7.05 Å². The minimum atomic E-state index is -0.891. The fourth-order valence-corrected chi connectivity index (χ4v) is 5.33. The van der Waals surface area contributed by atoms with Crippen LogP contribution in [-0.4, -0.2) is 49.6 Å². The number of aromatic amines is 1. The number of benzene rings is 1. The van der Waals surface area contributed by atoms with Crippen molar-refractivity contribution in [3.8, 4) is 0 Å². The Labute approximate surface area is 178 Å². The molecule has 31 heavy (non-hydrogen) atoms. The molecule has 0 unspecified atom stereocenters. The number of para-hydroxylation sites is 1. The maximum Gasteiger partial charge on any atom is 0.275 e. The molecular formula is C22H22N6O3. The van der Waals surface area contributed by atoms with Crippen molar-refractivity contribution in [3.63, 3.8) is 0 Å². The lowest BCUT2D eigenvalue weighted by Crippen LogP contribution is -2.44. The van der Waals surface area contributed by atoms with Gasteiger partial charge in [-0.25, -0.2) is 4.98 Å². The topological polar surface area (TPSA) is 105 Å². The quantitative estimate of drug-likeness (QED) is 0.659. The number of nitrogens with zero attached hydrogens (tertiary/aromatic N) is 4. The maximum atomic E-state index is 13.8. The van der Waals surface area contributed by atoms with Crippen LogP contribution in [-0.2, 0) is 35.0 Å². The van der Waals surface area contributed by atoms with Crippen LogP contribution >= 0.6 is 0 Å².